The highest BCUT2D eigenvalue weighted by molar-refractivity contribution is 5.67. The average Bonchev–Trinajstić information content (AvgIpc) is 2.19. The van der Waals surface area contributed by atoms with Crippen LogP contribution in [0.15, 0.2) is 54.6 Å². The summed E-state index contributed by atoms with van der Waals surface area (Å²) < 4.78 is 0. The summed E-state index contributed by atoms with van der Waals surface area (Å²) in [4.78, 5) is 0. The molecule has 0 saturated heterocycles. The Labute approximate surface area is 91.6 Å². The molecule has 1 aromatic rings. The van der Waals surface area contributed by atoms with Gasteiger partial charge in [0.05, 0.1) is 0 Å². The van der Waals surface area contributed by atoms with Gasteiger partial charge in [0.25, 0.3) is 0 Å². The Morgan fingerprint density at radius 2 is 1.67 bits per heavy atom. The van der Waals surface area contributed by atoms with Crippen LogP contribution in [0.5, 0.6) is 0 Å². The minimum Gasteiger partial charge on any atom is -0.0807 e. The highest BCUT2D eigenvalue weighted by Crippen LogP contribution is 2.21. The quantitative estimate of drug-likeness (QED) is 0.628. The summed E-state index contributed by atoms with van der Waals surface area (Å²) in [7, 11) is 0. The Kier molecular flexibility index (Phi) is 3.18. The molecule has 1 aliphatic rings. The first-order valence-electron chi connectivity index (χ1n) is 5.44. The van der Waals surface area contributed by atoms with Crippen molar-refractivity contribution < 1.29 is 0 Å². The molecule has 2 rings (SSSR count). The zero-order valence-corrected chi connectivity index (χ0v) is 9.11. The normalized spacial score (nSPS) is 23.4. The van der Waals surface area contributed by atoms with Crippen LogP contribution in [0.2, 0.25) is 0 Å². The van der Waals surface area contributed by atoms with Crippen LogP contribution in [0.25, 0.3) is 5.57 Å². The molecule has 0 nitrogen and oxygen atoms in total. The van der Waals surface area contributed by atoms with Gasteiger partial charge in [-0.3, -0.25) is 0 Å². The predicted molar refractivity (Wildman–Crippen MR) is 66.7 cm³/mol. The van der Waals surface area contributed by atoms with Crippen LogP contribution in [0, 0.1) is 6.92 Å². The highest BCUT2D eigenvalue weighted by Gasteiger charge is 1.99. The SMILES string of the molecule is Cc1ccc(/C2=C/C/C=C\C=C/C2)cc1. The maximum atomic E-state index is 2.31. The van der Waals surface area contributed by atoms with Crippen molar-refractivity contribution in [2.24, 2.45) is 0 Å². The van der Waals surface area contributed by atoms with Crippen LogP contribution in [0.4, 0.5) is 0 Å². The second-order valence-corrected chi connectivity index (χ2v) is 3.89. The summed E-state index contributed by atoms with van der Waals surface area (Å²) in [5.41, 5.74) is 4.09. The zero-order chi connectivity index (χ0) is 10.5. The van der Waals surface area contributed by atoms with Gasteiger partial charge in [0.1, 0.15) is 0 Å². The summed E-state index contributed by atoms with van der Waals surface area (Å²) in [6, 6.07) is 8.77. The van der Waals surface area contributed by atoms with Crippen LogP contribution in [0.3, 0.4) is 0 Å². The Balaban J connectivity index is 2.26. The van der Waals surface area contributed by atoms with Gasteiger partial charge in [-0.2, -0.15) is 0 Å². The summed E-state index contributed by atoms with van der Waals surface area (Å²) in [6.45, 7) is 2.12. The summed E-state index contributed by atoms with van der Waals surface area (Å²) in [5, 5.41) is 0. The van der Waals surface area contributed by atoms with Gasteiger partial charge in [-0.15, -0.1) is 0 Å². The number of allylic oxidation sites excluding steroid dienone is 6. The van der Waals surface area contributed by atoms with Crippen LogP contribution < -0.4 is 0 Å². The monoisotopic (exact) mass is 196 g/mol. The van der Waals surface area contributed by atoms with Crippen molar-refractivity contribution in [3.63, 3.8) is 0 Å². The van der Waals surface area contributed by atoms with E-state index < -0.39 is 0 Å². The summed E-state index contributed by atoms with van der Waals surface area (Å²) >= 11 is 0. The van der Waals surface area contributed by atoms with Crippen molar-refractivity contribution in [3.8, 4) is 0 Å². The third-order valence-electron chi connectivity index (χ3n) is 2.64. The van der Waals surface area contributed by atoms with E-state index in [4.69, 9.17) is 0 Å². The third-order valence-corrected chi connectivity index (χ3v) is 2.64. The first kappa shape index (κ1) is 9.97. The topological polar surface area (TPSA) is 0 Å². The fourth-order valence-electron chi connectivity index (χ4n) is 1.73. The predicted octanol–water partition coefficient (Wildman–Crippen LogP) is 4.28. The van der Waals surface area contributed by atoms with E-state index in [0.717, 1.165) is 12.8 Å². The van der Waals surface area contributed by atoms with Crippen molar-refractivity contribution in [2.45, 2.75) is 19.8 Å². The molecule has 76 valence electrons. The molecule has 0 atom stereocenters. The Morgan fingerprint density at radius 3 is 2.47 bits per heavy atom. The van der Waals surface area contributed by atoms with Gasteiger partial charge in [0, 0.05) is 0 Å². The second-order valence-electron chi connectivity index (χ2n) is 3.89. The number of rotatable bonds is 1. The van der Waals surface area contributed by atoms with Crippen molar-refractivity contribution in [2.75, 3.05) is 0 Å². The van der Waals surface area contributed by atoms with Gasteiger partial charge >= 0.3 is 0 Å². The van der Waals surface area contributed by atoms with E-state index in [1.807, 2.05) is 0 Å². The lowest BCUT2D eigenvalue weighted by molar-refractivity contribution is 1.29. The van der Waals surface area contributed by atoms with E-state index in [2.05, 4.69) is 61.6 Å². The fraction of sp³-hybridized carbons (Fsp3) is 0.200. The molecule has 0 fully saturated rings. The molecule has 0 unspecified atom stereocenters. The standard InChI is InChI=1S/C15H16/c1-13-9-11-15(12-10-13)14-7-5-3-2-4-6-8-14/h2-5,8-12H,6-7H2,1H3/b4-2-,5-3-,14-8+. The molecular weight excluding hydrogens is 180 g/mol. The Bertz CT molecular complexity index is 402. The number of hydrogen-bond acceptors (Lipinski definition) is 0. The third kappa shape index (κ3) is 2.69. The van der Waals surface area contributed by atoms with Crippen LogP contribution >= 0.6 is 0 Å². The van der Waals surface area contributed by atoms with Gasteiger partial charge in [-0.25, -0.2) is 0 Å². The summed E-state index contributed by atoms with van der Waals surface area (Å²) in [5.74, 6) is 0. The lowest BCUT2D eigenvalue weighted by atomic mass is 9.99. The molecule has 0 radical (unpaired) electrons. The van der Waals surface area contributed by atoms with E-state index in [0.29, 0.717) is 0 Å². The van der Waals surface area contributed by atoms with E-state index in [1.165, 1.54) is 16.7 Å². The molecule has 0 saturated carbocycles. The molecule has 0 aromatic heterocycles. The Hall–Kier alpha value is -1.56. The van der Waals surface area contributed by atoms with Crippen LogP contribution in [-0.2, 0) is 0 Å². The van der Waals surface area contributed by atoms with E-state index in [9.17, 15) is 0 Å². The lowest BCUT2D eigenvalue weighted by Gasteiger charge is -2.06. The minimum absolute atomic E-state index is 1.04. The molecule has 0 heterocycles. The molecule has 0 amide bonds. The summed E-state index contributed by atoms with van der Waals surface area (Å²) in [6.07, 6.45) is 13.0. The number of hydrogen-bond donors (Lipinski definition) is 0. The van der Waals surface area contributed by atoms with Crippen molar-refractivity contribution in [3.05, 3.63) is 65.8 Å². The van der Waals surface area contributed by atoms with Crippen LogP contribution in [-0.4, -0.2) is 0 Å². The largest absolute Gasteiger partial charge is 0.0807 e. The first-order valence-corrected chi connectivity index (χ1v) is 5.44. The maximum Gasteiger partial charge on any atom is -0.00914 e. The minimum atomic E-state index is 1.04. The van der Waals surface area contributed by atoms with E-state index in [-0.39, 0.29) is 0 Å². The molecular formula is C15H16. The van der Waals surface area contributed by atoms with Crippen LogP contribution in [0.1, 0.15) is 24.0 Å². The number of aryl methyl sites for hydroxylation is 1. The molecule has 0 aliphatic heterocycles. The molecule has 1 aromatic carbocycles. The smallest absolute Gasteiger partial charge is 0.00914 e. The molecule has 0 N–H and O–H groups in total. The Morgan fingerprint density at radius 1 is 0.933 bits per heavy atom. The average molecular weight is 196 g/mol. The zero-order valence-electron chi connectivity index (χ0n) is 9.11. The lowest BCUT2D eigenvalue weighted by Crippen LogP contribution is -1.85. The van der Waals surface area contributed by atoms with E-state index >= 15 is 0 Å². The first-order chi connectivity index (χ1) is 7.36. The van der Waals surface area contributed by atoms with Crippen molar-refractivity contribution >= 4 is 5.57 Å². The number of benzene rings is 1. The van der Waals surface area contributed by atoms with Crippen molar-refractivity contribution in [1.82, 2.24) is 0 Å². The molecule has 0 bridgehead atoms. The molecule has 0 heteroatoms. The molecule has 15 heavy (non-hydrogen) atoms. The molecule has 1 aliphatic carbocycles. The maximum absolute atomic E-state index is 2.31. The van der Waals surface area contributed by atoms with Gasteiger partial charge in [-0.1, -0.05) is 60.2 Å². The van der Waals surface area contributed by atoms with Gasteiger partial charge < -0.3 is 0 Å². The highest BCUT2D eigenvalue weighted by atomic mass is 14.0. The van der Waals surface area contributed by atoms with Crippen molar-refractivity contribution in [1.29, 1.82) is 0 Å². The van der Waals surface area contributed by atoms with Gasteiger partial charge in [0.2, 0.25) is 0 Å². The molecule has 0 spiro atoms. The van der Waals surface area contributed by atoms with E-state index in [1.54, 1.807) is 0 Å². The fourth-order valence-corrected chi connectivity index (χ4v) is 1.73. The second kappa shape index (κ2) is 4.79. The van der Waals surface area contributed by atoms with Gasteiger partial charge in [-0.05, 0) is 30.9 Å². The van der Waals surface area contributed by atoms with Gasteiger partial charge in [0.15, 0.2) is 0 Å².